The van der Waals surface area contributed by atoms with Gasteiger partial charge in [-0.1, -0.05) is 155 Å². The molecule has 0 fully saturated rings. The van der Waals surface area contributed by atoms with Gasteiger partial charge in [0.1, 0.15) is 6.67 Å². The van der Waals surface area contributed by atoms with Crippen molar-refractivity contribution in [2.45, 2.75) is 161 Å². The first-order chi connectivity index (χ1) is 13.4. The molecule has 0 aliphatic heterocycles. The van der Waals surface area contributed by atoms with Crippen LogP contribution in [0.3, 0.4) is 0 Å². The van der Waals surface area contributed by atoms with Crippen LogP contribution in [-0.2, 0) is 0 Å². The monoisotopic (exact) mass is 383 g/mol. The van der Waals surface area contributed by atoms with E-state index in [-0.39, 0.29) is 0 Å². The van der Waals surface area contributed by atoms with E-state index >= 15 is 0 Å². The van der Waals surface area contributed by atoms with Gasteiger partial charge in [-0.25, -0.2) is 4.39 Å². The molecule has 0 aromatic rings. The van der Waals surface area contributed by atoms with Crippen LogP contribution >= 0.6 is 0 Å². The summed E-state index contributed by atoms with van der Waals surface area (Å²) >= 11 is 0. The largest absolute Gasteiger partial charge is 0.244 e. The van der Waals surface area contributed by atoms with E-state index in [1.807, 2.05) is 0 Å². The van der Waals surface area contributed by atoms with E-state index in [1.165, 1.54) is 141 Å². The third kappa shape index (κ3) is 25.9. The zero-order chi connectivity index (χ0) is 19.7. The SMILES string of the molecule is CCCCCCCCCCCCCCCCCCCCCCCCC[CH]F. The molecular weight excluding hydrogens is 331 g/mol. The maximum atomic E-state index is 11.8. The smallest absolute Gasteiger partial charge is 0.131 e. The summed E-state index contributed by atoms with van der Waals surface area (Å²) in [6.45, 7) is 3.10. The lowest BCUT2D eigenvalue weighted by Gasteiger charge is -2.04. The first-order valence-electron chi connectivity index (χ1n) is 12.8. The molecule has 0 rings (SSSR count). The Morgan fingerprint density at radius 2 is 0.593 bits per heavy atom. The zero-order valence-electron chi connectivity index (χ0n) is 18.9. The summed E-state index contributed by atoms with van der Waals surface area (Å²) in [4.78, 5) is 0. The van der Waals surface area contributed by atoms with Gasteiger partial charge >= 0.3 is 0 Å². The lowest BCUT2D eigenvalue weighted by Crippen LogP contribution is -1.84. The topological polar surface area (TPSA) is 0 Å². The van der Waals surface area contributed by atoms with Crippen LogP contribution in [0.5, 0.6) is 0 Å². The highest BCUT2D eigenvalue weighted by Gasteiger charge is 1.96. The van der Waals surface area contributed by atoms with Gasteiger partial charge in [0.25, 0.3) is 0 Å². The molecule has 0 amide bonds. The van der Waals surface area contributed by atoms with Crippen LogP contribution in [0.1, 0.15) is 161 Å². The van der Waals surface area contributed by atoms with Crippen LogP contribution in [0.2, 0.25) is 0 Å². The molecule has 0 heterocycles. The van der Waals surface area contributed by atoms with Crippen LogP contribution in [0.15, 0.2) is 0 Å². The Kier molecular flexibility index (Phi) is 25.9. The Hall–Kier alpha value is -0.0700. The van der Waals surface area contributed by atoms with Gasteiger partial charge in [-0.05, 0) is 6.42 Å². The third-order valence-corrected chi connectivity index (χ3v) is 5.92. The predicted molar refractivity (Wildman–Crippen MR) is 122 cm³/mol. The van der Waals surface area contributed by atoms with Crippen molar-refractivity contribution in [3.63, 3.8) is 0 Å². The zero-order valence-corrected chi connectivity index (χ0v) is 18.9. The Balaban J connectivity index is 2.95. The van der Waals surface area contributed by atoms with E-state index in [1.54, 1.807) is 0 Å². The standard InChI is InChI=1S/C26H52F/c1-2-3-4-5-6-7-8-9-10-11-12-13-14-15-16-17-18-19-20-21-22-23-24-25-26-27/h26H,2-25H2,1H3. The molecule has 0 aromatic heterocycles. The fraction of sp³-hybridized carbons (Fsp3) is 0.962. The van der Waals surface area contributed by atoms with E-state index in [0.717, 1.165) is 13.1 Å². The molecule has 0 nitrogen and oxygen atoms in total. The molecule has 0 unspecified atom stereocenters. The molecule has 0 saturated carbocycles. The summed E-state index contributed by atoms with van der Waals surface area (Å²) in [6.07, 6.45) is 33.1. The highest BCUT2D eigenvalue weighted by molar-refractivity contribution is 4.52. The molecule has 0 N–H and O–H groups in total. The van der Waals surface area contributed by atoms with Crippen LogP contribution < -0.4 is 0 Å². The Labute approximate surface area is 172 Å². The lowest BCUT2D eigenvalue weighted by molar-refractivity contribution is 0.511. The van der Waals surface area contributed by atoms with Gasteiger partial charge in [0, 0.05) is 0 Å². The maximum absolute atomic E-state index is 11.8. The number of rotatable bonds is 24. The van der Waals surface area contributed by atoms with E-state index in [9.17, 15) is 4.39 Å². The number of halogens is 1. The van der Waals surface area contributed by atoms with Crippen molar-refractivity contribution < 1.29 is 4.39 Å². The van der Waals surface area contributed by atoms with Crippen molar-refractivity contribution in [3.8, 4) is 0 Å². The molecule has 163 valence electrons. The number of hydrogen-bond donors (Lipinski definition) is 0. The quantitative estimate of drug-likeness (QED) is 0.145. The van der Waals surface area contributed by atoms with Crippen molar-refractivity contribution in [3.05, 3.63) is 6.67 Å². The van der Waals surface area contributed by atoms with Gasteiger partial charge in [-0.15, -0.1) is 0 Å². The Morgan fingerprint density at radius 3 is 0.815 bits per heavy atom. The van der Waals surface area contributed by atoms with Gasteiger partial charge < -0.3 is 0 Å². The molecule has 0 aliphatic carbocycles. The fourth-order valence-electron chi connectivity index (χ4n) is 4.01. The molecule has 0 spiro atoms. The highest BCUT2D eigenvalue weighted by Crippen LogP contribution is 2.15. The summed E-state index contributed by atoms with van der Waals surface area (Å²) in [5, 5.41) is 0. The van der Waals surface area contributed by atoms with Gasteiger partial charge in [0.2, 0.25) is 0 Å². The second-order valence-electron chi connectivity index (χ2n) is 8.72. The van der Waals surface area contributed by atoms with Crippen molar-refractivity contribution >= 4 is 0 Å². The molecule has 0 aromatic carbocycles. The molecule has 0 atom stereocenters. The summed E-state index contributed by atoms with van der Waals surface area (Å²) < 4.78 is 11.8. The Morgan fingerprint density at radius 1 is 0.370 bits per heavy atom. The van der Waals surface area contributed by atoms with Crippen LogP contribution in [0.4, 0.5) is 4.39 Å². The lowest BCUT2D eigenvalue weighted by atomic mass is 10.0. The van der Waals surface area contributed by atoms with Crippen molar-refractivity contribution in [2.75, 3.05) is 0 Å². The van der Waals surface area contributed by atoms with E-state index in [4.69, 9.17) is 0 Å². The van der Waals surface area contributed by atoms with Gasteiger partial charge in [0.15, 0.2) is 0 Å². The molecule has 0 aliphatic rings. The summed E-state index contributed by atoms with van der Waals surface area (Å²) in [5.41, 5.74) is 0. The highest BCUT2D eigenvalue weighted by atomic mass is 19.1. The molecule has 1 radical (unpaired) electrons. The second-order valence-corrected chi connectivity index (χ2v) is 8.72. The number of unbranched alkanes of at least 4 members (excludes halogenated alkanes) is 23. The second kappa shape index (κ2) is 25.9. The van der Waals surface area contributed by atoms with E-state index in [2.05, 4.69) is 6.92 Å². The number of hydrogen-bond acceptors (Lipinski definition) is 0. The van der Waals surface area contributed by atoms with Crippen molar-refractivity contribution in [2.24, 2.45) is 0 Å². The van der Waals surface area contributed by atoms with Gasteiger partial charge in [-0.3, -0.25) is 0 Å². The van der Waals surface area contributed by atoms with Crippen LogP contribution in [0.25, 0.3) is 0 Å². The van der Waals surface area contributed by atoms with E-state index in [0.29, 0.717) is 6.42 Å². The predicted octanol–water partition coefficient (Wildman–Crippen LogP) is 10.5. The fourth-order valence-corrected chi connectivity index (χ4v) is 4.01. The first kappa shape index (κ1) is 26.9. The average Bonchev–Trinajstić information content (AvgIpc) is 2.68. The molecule has 27 heavy (non-hydrogen) atoms. The summed E-state index contributed by atoms with van der Waals surface area (Å²) in [6, 6.07) is 0. The average molecular weight is 384 g/mol. The van der Waals surface area contributed by atoms with E-state index < -0.39 is 0 Å². The Bertz CT molecular complexity index is 214. The molecule has 0 saturated heterocycles. The summed E-state index contributed by atoms with van der Waals surface area (Å²) in [7, 11) is 0. The van der Waals surface area contributed by atoms with Gasteiger partial charge in [0.05, 0.1) is 0 Å². The molecular formula is C26H52F. The first-order valence-corrected chi connectivity index (χ1v) is 12.8. The van der Waals surface area contributed by atoms with Crippen molar-refractivity contribution in [1.82, 2.24) is 0 Å². The molecule has 1 heteroatoms. The minimum atomic E-state index is 0.652. The van der Waals surface area contributed by atoms with Crippen LogP contribution in [-0.4, -0.2) is 0 Å². The summed E-state index contributed by atoms with van der Waals surface area (Å²) in [5.74, 6) is 0. The normalized spacial score (nSPS) is 11.3. The minimum Gasteiger partial charge on any atom is -0.244 e. The van der Waals surface area contributed by atoms with Crippen LogP contribution in [0, 0.1) is 6.67 Å². The van der Waals surface area contributed by atoms with Crippen molar-refractivity contribution in [1.29, 1.82) is 0 Å². The third-order valence-electron chi connectivity index (χ3n) is 5.92. The molecule has 0 bridgehead atoms. The maximum Gasteiger partial charge on any atom is 0.131 e. The minimum absolute atomic E-state index is 0.652. The van der Waals surface area contributed by atoms with Gasteiger partial charge in [-0.2, -0.15) is 0 Å².